The van der Waals surface area contributed by atoms with Crippen LogP contribution >= 0.6 is 0 Å². The third-order valence-corrected chi connectivity index (χ3v) is 5.21. The number of rotatable bonds is 1. The Labute approximate surface area is 136 Å². The van der Waals surface area contributed by atoms with Crippen LogP contribution in [-0.4, -0.2) is 41.1 Å². The van der Waals surface area contributed by atoms with E-state index < -0.39 is 0 Å². The van der Waals surface area contributed by atoms with Crippen molar-refractivity contribution in [1.82, 2.24) is 9.88 Å². The molecule has 2 aliphatic rings. The summed E-state index contributed by atoms with van der Waals surface area (Å²) in [6.45, 7) is 2.42. The monoisotopic (exact) mass is 310 g/mol. The van der Waals surface area contributed by atoms with Gasteiger partial charge in [-0.3, -0.25) is 4.79 Å². The maximum absolute atomic E-state index is 12.7. The van der Waals surface area contributed by atoms with Gasteiger partial charge in [0.15, 0.2) is 0 Å². The molecule has 0 atom stereocenters. The summed E-state index contributed by atoms with van der Waals surface area (Å²) in [7, 11) is 0. The van der Waals surface area contributed by atoms with E-state index in [1.807, 2.05) is 41.3 Å². The maximum atomic E-state index is 12.7. The van der Waals surface area contributed by atoms with Crippen LogP contribution in [0.2, 0.25) is 0 Å². The fourth-order valence-electron chi connectivity index (χ4n) is 3.77. The number of carbonyl (C=O) groups is 1. The Hall–Kier alpha value is -1.94. The first-order valence-corrected chi connectivity index (χ1v) is 8.55. The second kappa shape index (κ2) is 5.93. The fraction of sp³-hybridized carbons (Fsp3) is 0.474. The molecule has 1 amide bonds. The lowest BCUT2D eigenvalue weighted by Gasteiger charge is -2.43. The van der Waals surface area contributed by atoms with E-state index in [4.69, 9.17) is 4.74 Å². The van der Waals surface area contributed by atoms with Crippen molar-refractivity contribution < 1.29 is 9.53 Å². The molecule has 0 unspecified atom stereocenters. The summed E-state index contributed by atoms with van der Waals surface area (Å²) < 4.78 is 6.04. The first kappa shape index (κ1) is 14.6. The summed E-state index contributed by atoms with van der Waals surface area (Å²) in [5.74, 6) is 0.0430. The number of piperidine rings is 1. The van der Waals surface area contributed by atoms with Crippen molar-refractivity contribution in [2.75, 3.05) is 19.7 Å². The minimum absolute atomic E-state index is 0.0336. The van der Waals surface area contributed by atoms with Crippen LogP contribution in [0.3, 0.4) is 0 Å². The maximum Gasteiger partial charge on any atom is 0.272 e. The average Bonchev–Trinajstić information content (AvgIpc) is 2.62. The third-order valence-electron chi connectivity index (χ3n) is 5.21. The molecule has 4 heteroatoms. The highest BCUT2D eigenvalue weighted by Crippen LogP contribution is 2.35. The van der Waals surface area contributed by atoms with Crippen molar-refractivity contribution in [2.45, 2.75) is 37.7 Å². The zero-order valence-electron chi connectivity index (χ0n) is 13.3. The quantitative estimate of drug-likeness (QED) is 0.810. The van der Waals surface area contributed by atoms with E-state index in [2.05, 4.69) is 4.98 Å². The predicted molar refractivity (Wildman–Crippen MR) is 89.4 cm³/mol. The van der Waals surface area contributed by atoms with Gasteiger partial charge in [-0.15, -0.1) is 0 Å². The summed E-state index contributed by atoms with van der Waals surface area (Å²) in [5.41, 5.74) is 1.46. The molecule has 3 heterocycles. The predicted octanol–water partition coefficient (Wildman–Crippen LogP) is 3.41. The molecule has 2 fully saturated rings. The molecule has 23 heavy (non-hydrogen) atoms. The second-order valence-corrected chi connectivity index (χ2v) is 6.67. The average molecular weight is 310 g/mol. The van der Waals surface area contributed by atoms with E-state index in [-0.39, 0.29) is 11.5 Å². The molecule has 1 aromatic heterocycles. The van der Waals surface area contributed by atoms with Crippen LogP contribution in [0.4, 0.5) is 0 Å². The number of para-hydroxylation sites is 1. The van der Waals surface area contributed by atoms with Gasteiger partial charge < -0.3 is 9.64 Å². The van der Waals surface area contributed by atoms with Crippen LogP contribution in [0.1, 0.15) is 42.6 Å². The van der Waals surface area contributed by atoms with Gasteiger partial charge in [-0.05, 0) is 44.2 Å². The highest BCUT2D eigenvalue weighted by molar-refractivity contribution is 5.95. The van der Waals surface area contributed by atoms with Crippen LogP contribution in [0.25, 0.3) is 10.9 Å². The Morgan fingerprint density at radius 3 is 2.65 bits per heavy atom. The lowest BCUT2D eigenvalue weighted by Crippen LogP contribution is -2.49. The summed E-state index contributed by atoms with van der Waals surface area (Å²) in [5, 5.41) is 1.07. The summed E-state index contributed by atoms with van der Waals surface area (Å²) in [6, 6.07) is 11.7. The Bertz CT molecular complexity index is 712. The molecule has 0 bridgehead atoms. The number of pyridine rings is 1. The third kappa shape index (κ3) is 2.83. The van der Waals surface area contributed by atoms with E-state index >= 15 is 0 Å². The Morgan fingerprint density at radius 1 is 1.04 bits per heavy atom. The number of aromatic nitrogens is 1. The molecule has 4 rings (SSSR count). The van der Waals surface area contributed by atoms with Crippen LogP contribution < -0.4 is 0 Å². The van der Waals surface area contributed by atoms with Gasteiger partial charge in [0.05, 0.1) is 11.1 Å². The van der Waals surface area contributed by atoms with E-state index in [9.17, 15) is 4.79 Å². The Balaban J connectivity index is 1.48. The minimum Gasteiger partial charge on any atom is -0.375 e. The molecule has 0 radical (unpaired) electrons. The van der Waals surface area contributed by atoms with Crippen LogP contribution in [-0.2, 0) is 4.74 Å². The molecule has 120 valence electrons. The summed E-state index contributed by atoms with van der Waals surface area (Å²) in [4.78, 5) is 19.2. The number of hydrogen-bond donors (Lipinski definition) is 0. The molecule has 4 nitrogen and oxygen atoms in total. The largest absolute Gasteiger partial charge is 0.375 e. The molecule has 1 aromatic carbocycles. The Morgan fingerprint density at radius 2 is 1.87 bits per heavy atom. The zero-order chi connectivity index (χ0) is 15.7. The molecule has 2 saturated heterocycles. The number of hydrogen-bond acceptors (Lipinski definition) is 3. The molecular formula is C19H22N2O2. The van der Waals surface area contributed by atoms with Gasteiger partial charge in [0.2, 0.25) is 0 Å². The molecule has 1 spiro atoms. The van der Waals surface area contributed by atoms with Gasteiger partial charge in [-0.2, -0.15) is 0 Å². The number of amides is 1. The van der Waals surface area contributed by atoms with Crippen molar-refractivity contribution >= 4 is 16.8 Å². The van der Waals surface area contributed by atoms with Crippen molar-refractivity contribution in [3.63, 3.8) is 0 Å². The van der Waals surface area contributed by atoms with Crippen molar-refractivity contribution in [3.05, 3.63) is 42.1 Å². The van der Waals surface area contributed by atoms with E-state index in [1.165, 1.54) is 12.8 Å². The smallest absolute Gasteiger partial charge is 0.272 e. The molecule has 2 aromatic rings. The van der Waals surface area contributed by atoms with Crippen molar-refractivity contribution in [1.29, 1.82) is 0 Å². The van der Waals surface area contributed by atoms with Gasteiger partial charge in [-0.25, -0.2) is 4.98 Å². The van der Waals surface area contributed by atoms with Crippen LogP contribution in [0.15, 0.2) is 36.4 Å². The SMILES string of the molecule is O=C(c1ccc2ccccc2n1)N1CCC2(CCCCO2)CC1. The molecule has 0 aliphatic carbocycles. The van der Waals surface area contributed by atoms with Gasteiger partial charge in [0.1, 0.15) is 5.69 Å². The number of fused-ring (bicyclic) bond motifs is 1. The molecular weight excluding hydrogens is 288 g/mol. The first-order valence-electron chi connectivity index (χ1n) is 8.55. The molecule has 0 N–H and O–H groups in total. The molecule has 0 saturated carbocycles. The first-order chi connectivity index (χ1) is 11.3. The van der Waals surface area contributed by atoms with Gasteiger partial charge >= 0.3 is 0 Å². The van der Waals surface area contributed by atoms with E-state index in [0.29, 0.717) is 5.69 Å². The lowest BCUT2D eigenvalue weighted by atomic mass is 9.84. The standard InChI is InChI=1S/C19H22N2O2/c22-18(17-8-7-15-5-1-2-6-16(15)20-17)21-12-10-19(11-13-21)9-3-4-14-23-19/h1-2,5-8H,3-4,9-14H2. The van der Waals surface area contributed by atoms with Gasteiger partial charge in [-0.1, -0.05) is 24.3 Å². The van der Waals surface area contributed by atoms with E-state index in [1.54, 1.807) is 0 Å². The Kier molecular flexibility index (Phi) is 3.77. The lowest BCUT2D eigenvalue weighted by molar-refractivity contribution is -0.107. The minimum atomic E-state index is 0.0336. The van der Waals surface area contributed by atoms with Crippen LogP contribution in [0, 0.1) is 0 Å². The molecule has 2 aliphatic heterocycles. The highest BCUT2D eigenvalue weighted by atomic mass is 16.5. The number of nitrogens with zero attached hydrogens (tertiary/aromatic N) is 2. The normalized spacial score (nSPS) is 20.8. The number of carbonyl (C=O) groups excluding carboxylic acids is 1. The van der Waals surface area contributed by atoms with E-state index in [0.717, 1.165) is 49.9 Å². The summed E-state index contributed by atoms with van der Waals surface area (Å²) >= 11 is 0. The second-order valence-electron chi connectivity index (χ2n) is 6.67. The number of likely N-dealkylation sites (tertiary alicyclic amines) is 1. The number of ether oxygens (including phenoxy) is 1. The topological polar surface area (TPSA) is 42.4 Å². The van der Waals surface area contributed by atoms with Crippen molar-refractivity contribution in [3.8, 4) is 0 Å². The fourth-order valence-corrected chi connectivity index (χ4v) is 3.77. The number of benzene rings is 1. The zero-order valence-corrected chi connectivity index (χ0v) is 13.3. The van der Waals surface area contributed by atoms with Crippen LogP contribution in [0.5, 0.6) is 0 Å². The van der Waals surface area contributed by atoms with Crippen molar-refractivity contribution in [2.24, 2.45) is 0 Å². The summed E-state index contributed by atoms with van der Waals surface area (Å²) in [6.07, 6.45) is 5.47. The van der Waals surface area contributed by atoms with Gasteiger partial charge in [0.25, 0.3) is 5.91 Å². The highest BCUT2D eigenvalue weighted by Gasteiger charge is 2.38. The van der Waals surface area contributed by atoms with Gasteiger partial charge in [0, 0.05) is 25.1 Å².